The fourth-order valence-electron chi connectivity index (χ4n) is 2.75. The fourth-order valence-corrected chi connectivity index (χ4v) is 4.49. The minimum Gasteiger partial charge on any atom is -0.488 e. The van der Waals surface area contributed by atoms with Gasteiger partial charge in [-0.05, 0) is 75.2 Å². The zero-order chi connectivity index (χ0) is 20.9. The molecule has 30 heavy (non-hydrogen) atoms. The number of aliphatic imine (C=N–C) groups is 1. The number of amidine groups is 1. The van der Waals surface area contributed by atoms with E-state index in [0.717, 1.165) is 31.5 Å². The molecule has 1 saturated heterocycles. The van der Waals surface area contributed by atoms with E-state index < -0.39 is 0 Å². The van der Waals surface area contributed by atoms with Crippen molar-refractivity contribution in [1.29, 1.82) is 0 Å². The van der Waals surface area contributed by atoms with Gasteiger partial charge >= 0.3 is 0 Å². The SMILES string of the molecule is O=C1NC(=Nc2cccc(Br)c2)S/C1=C\c1ccc(OCc2ccccc2)c(Br)c1. The molecule has 0 atom stereocenters. The van der Waals surface area contributed by atoms with E-state index in [2.05, 4.69) is 42.2 Å². The van der Waals surface area contributed by atoms with Crippen molar-refractivity contribution in [1.82, 2.24) is 5.32 Å². The lowest BCUT2D eigenvalue weighted by Crippen LogP contribution is -2.19. The third-order valence-corrected chi connectivity index (χ3v) is 6.20. The maximum atomic E-state index is 12.3. The van der Waals surface area contributed by atoms with Gasteiger partial charge in [-0.25, -0.2) is 4.99 Å². The van der Waals surface area contributed by atoms with E-state index in [9.17, 15) is 4.79 Å². The first kappa shape index (κ1) is 20.9. The molecular weight excluding hydrogens is 528 g/mol. The molecule has 0 radical (unpaired) electrons. The Bertz CT molecular complexity index is 1150. The lowest BCUT2D eigenvalue weighted by Gasteiger charge is -2.09. The van der Waals surface area contributed by atoms with Gasteiger partial charge < -0.3 is 10.1 Å². The van der Waals surface area contributed by atoms with Gasteiger partial charge in [0.05, 0.1) is 15.1 Å². The van der Waals surface area contributed by atoms with Crippen LogP contribution in [-0.2, 0) is 11.4 Å². The summed E-state index contributed by atoms with van der Waals surface area (Å²) >= 11 is 8.31. The van der Waals surface area contributed by atoms with E-state index in [1.54, 1.807) is 0 Å². The van der Waals surface area contributed by atoms with E-state index in [1.165, 1.54) is 11.8 Å². The van der Waals surface area contributed by atoms with Crippen molar-refractivity contribution in [3.8, 4) is 5.75 Å². The van der Waals surface area contributed by atoms with Crippen LogP contribution in [0, 0.1) is 0 Å². The molecule has 0 bridgehead atoms. The molecule has 0 unspecified atom stereocenters. The molecule has 0 aromatic heterocycles. The first-order chi connectivity index (χ1) is 14.6. The number of benzene rings is 3. The summed E-state index contributed by atoms with van der Waals surface area (Å²) in [5, 5.41) is 3.37. The van der Waals surface area contributed by atoms with Gasteiger partial charge in [-0.15, -0.1) is 0 Å². The number of ether oxygens (including phenoxy) is 1. The predicted octanol–water partition coefficient (Wildman–Crippen LogP) is 6.68. The molecule has 150 valence electrons. The number of rotatable bonds is 5. The Balaban J connectivity index is 1.46. The summed E-state index contributed by atoms with van der Waals surface area (Å²) in [4.78, 5) is 17.4. The van der Waals surface area contributed by atoms with E-state index >= 15 is 0 Å². The van der Waals surface area contributed by atoms with Gasteiger partial charge in [0.1, 0.15) is 12.4 Å². The van der Waals surface area contributed by atoms with Crippen LogP contribution in [0.1, 0.15) is 11.1 Å². The summed E-state index contributed by atoms with van der Waals surface area (Å²) < 4.78 is 7.66. The molecule has 1 aliphatic heterocycles. The molecule has 3 aromatic carbocycles. The molecule has 3 aromatic rings. The monoisotopic (exact) mass is 542 g/mol. The van der Waals surface area contributed by atoms with E-state index in [-0.39, 0.29) is 5.91 Å². The van der Waals surface area contributed by atoms with Gasteiger partial charge in [0.2, 0.25) is 0 Å². The molecule has 1 amide bonds. The van der Waals surface area contributed by atoms with Crippen LogP contribution in [-0.4, -0.2) is 11.1 Å². The Morgan fingerprint density at radius 1 is 1.00 bits per heavy atom. The summed E-state index contributed by atoms with van der Waals surface area (Å²) in [7, 11) is 0. The van der Waals surface area contributed by atoms with Gasteiger partial charge in [-0.2, -0.15) is 0 Å². The minimum absolute atomic E-state index is 0.158. The van der Waals surface area contributed by atoms with Crippen LogP contribution in [0.5, 0.6) is 5.75 Å². The first-order valence-corrected chi connectivity index (χ1v) is 11.5. The van der Waals surface area contributed by atoms with Gasteiger partial charge in [0.25, 0.3) is 5.91 Å². The number of nitrogens with zero attached hydrogens (tertiary/aromatic N) is 1. The number of nitrogens with one attached hydrogen (secondary N) is 1. The van der Waals surface area contributed by atoms with Crippen LogP contribution < -0.4 is 10.1 Å². The number of carbonyl (C=O) groups excluding carboxylic acids is 1. The van der Waals surface area contributed by atoms with Crippen LogP contribution >= 0.6 is 43.6 Å². The van der Waals surface area contributed by atoms with Crippen LogP contribution in [0.3, 0.4) is 0 Å². The second-order valence-electron chi connectivity index (χ2n) is 6.43. The highest BCUT2D eigenvalue weighted by molar-refractivity contribution is 9.10. The average Bonchev–Trinajstić information content (AvgIpc) is 3.07. The smallest absolute Gasteiger partial charge is 0.264 e. The quantitative estimate of drug-likeness (QED) is 0.365. The number of halogens is 2. The summed E-state index contributed by atoms with van der Waals surface area (Å²) in [6, 6.07) is 23.4. The Hall–Kier alpha value is -2.35. The van der Waals surface area contributed by atoms with Crippen molar-refractivity contribution >= 4 is 66.5 Å². The zero-order valence-electron chi connectivity index (χ0n) is 15.6. The van der Waals surface area contributed by atoms with Gasteiger partial charge in [0, 0.05) is 4.47 Å². The largest absolute Gasteiger partial charge is 0.488 e. The summed E-state index contributed by atoms with van der Waals surface area (Å²) in [6.45, 7) is 0.494. The maximum Gasteiger partial charge on any atom is 0.264 e. The highest BCUT2D eigenvalue weighted by atomic mass is 79.9. The Morgan fingerprint density at radius 2 is 1.83 bits per heavy atom. The Labute approximate surface area is 195 Å². The molecule has 1 heterocycles. The van der Waals surface area contributed by atoms with Crippen molar-refractivity contribution in [2.24, 2.45) is 4.99 Å². The van der Waals surface area contributed by atoms with Crippen LogP contribution in [0.4, 0.5) is 5.69 Å². The molecular formula is C23H16Br2N2O2S. The van der Waals surface area contributed by atoms with Gasteiger partial charge in [-0.1, -0.05) is 58.4 Å². The molecule has 0 saturated carbocycles. The van der Waals surface area contributed by atoms with Crippen molar-refractivity contribution in [2.75, 3.05) is 0 Å². The number of amides is 1. The predicted molar refractivity (Wildman–Crippen MR) is 130 cm³/mol. The first-order valence-electron chi connectivity index (χ1n) is 9.08. The van der Waals surface area contributed by atoms with Crippen molar-refractivity contribution in [3.05, 3.63) is 97.8 Å². The topological polar surface area (TPSA) is 50.7 Å². The van der Waals surface area contributed by atoms with Crippen LogP contribution in [0.15, 0.2) is 91.6 Å². The number of carbonyl (C=O) groups is 1. The Kier molecular flexibility index (Phi) is 6.72. The molecule has 1 aliphatic rings. The van der Waals surface area contributed by atoms with Crippen molar-refractivity contribution in [2.45, 2.75) is 6.61 Å². The van der Waals surface area contributed by atoms with Crippen molar-refractivity contribution in [3.63, 3.8) is 0 Å². The summed E-state index contributed by atoms with van der Waals surface area (Å²) in [5.74, 6) is 0.593. The molecule has 1 N–H and O–H groups in total. The normalized spacial score (nSPS) is 16.1. The highest BCUT2D eigenvalue weighted by Crippen LogP contribution is 2.31. The second-order valence-corrected chi connectivity index (χ2v) is 9.23. The summed E-state index contributed by atoms with van der Waals surface area (Å²) in [6.07, 6.45) is 1.84. The Morgan fingerprint density at radius 3 is 2.60 bits per heavy atom. The molecule has 0 spiro atoms. The van der Waals surface area contributed by atoms with E-state index in [4.69, 9.17) is 4.74 Å². The zero-order valence-corrected chi connectivity index (χ0v) is 19.6. The third kappa shape index (κ3) is 5.41. The standard InChI is InChI=1S/C23H16Br2N2O2S/c24-17-7-4-8-18(13-17)26-23-27-22(28)21(30-23)12-16-9-10-20(19(25)11-16)29-14-15-5-2-1-3-6-15/h1-13H,14H2,(H,26,27,28)/b21-12-. The lowest BCUT2D eigenvalue weighted by atomic mass is 10.2. The van der Waals surface area contributed by atoms with Crippen LogP contribution in [0.25, 0.3) is 6.08 Å². The van der Waals surface area contributed by atoms with E-state index in [0.29, 0.717) is 16.7 Å². The molecule has 4 rings (SSSR count). The van der Waals surface area contributed by atoms with Gasteiger partial charge in [-0.3, -0.25) is 4.79 Å². The highest BCUT2D eigenvalue weighted by Gasteiger charge is 2.23. The van der Waals surface area contributed by atoms with Gasteiger partial charge in [0.15, 0.2) is 5.17 Å². The molecule has 7 heteroatoms. The number of hydrogen-bond acceptors (Lipinski definition) is 4. The van der Waals surface area contributed by atoms with E-state index in [1.807, 2.05) is 78.9 Å². The fraction of sp³-hybridized carbons (Fsp3) is 0.0435. The molecule has 0 aliphatic carbocycles. The third-order valence-electron chi connectivity index (χ3n) is 4.18. The number of hydrogen-bond donors (Lipinski definition) is 1. The van der Waals surface area contributed by atoms with Crippen LogP contribution in [0.2, 0.25) is 0 Å². The molecule has 1 fully saturated rings. The second kappa shape index (κ2) is 9.64. The lowest BCUT2D eigenvalue weighted by molar-refractivity contribution is -0.115. The minimum atomic E-state index is -0.158. The number of thioether (sulfide) groups is 1. The summed E-state index contributed by atoms with van der Waals surface area (Å²) in [5.41, 5.74) is 2.78. The van der Waals surface area contributed by atoms with Crippen molar-refractivity contribution < 1.29 is 9.53 Å². The average molecular weight is 544 g/mol. The maximum absolute atomic E-state index is 12.3. The molecule has 4 nitrogen and oxygen atoms in total.